The largest absolute Gasteiger partial charge is 0.497 e. The molecule has 1 N–H and O–H groups in total. The topological polar surface area (TPSA) is 30.5 Å². The van der Waals surface area contributed by atoms with Crippen LogP contribution in [0.15, 0.2) is 18.2 Å². The number of nitrogens with one attached hydrogen (secondary N) is 1. The van der Waals surface area contributed by atoms with Gasteiger partial charge in [-0.3, -0.25) is 0 Å². The maximum Gasteiger partial charge on any atom is 0.131 e. The third kappa shape index (κ3) is 3.98. The van der Waals surface area contributed by atoms with Gasteiger partial charge in [-0.1, -0.05) is 13.0 Å². The molecule has 1 atom stereocenters. The standard InChI is InChI=1S/C13H20FNO2/c1-4-7-15-13(9-16-2)11-6-5-10(17-3)8-12(11)14/h5-6,8,13,15H,4,7,9H2,1-3H3. The summed E-state index contributed by atoms with van der Waals surface area (Å²) in [4.78, 5) is 0. The minimum absolute atomic E-state index is 0.120. The van der Waals surface area contributed by atoms with Gasteiger partial charge in [-0.05, 0) is 19.0 Å². The van der Waals surface area contributed by atoms with Crippen LogP contribution < -0.4 is 10.1 Å². The molecule has 0 heterocycles. The first-order valence-corrected chi connectivity index (χ1v) is 5.78. The van der Waals surface area contributed by atoms with Crippen molar-refractivity contribution in [2.45, 2.75) is 19.4 Å². The number of benzene rings is 1. The molecule has 3 nitrogen and oxygen atoms in total. The quantitative estimate of drug-likeness (QED) is 0.795. The van der Waals surface area contributed by atoms with Crippen LogP contribution in [-0.2, 0) is 4.74 Å². The van der Waals surface area contributed by atoms with Gasteiger partial charge in [0.05, 0.1) is 19.8 Å². The molecule has 0 radical (unpaired) electrons. The van der Waals surface area contributed by atoms with E-state index in [2.05, 4.69) is 12.2 Å². The lowest BCUT2D eigenvalue weighted by Crippen LogP contribution is -2.26. The molecule has 1 aromatic rings. The molecule has 0 saturated heterocycles. The van der Waals surface area contributed by atoms with E-state index in [1.807, 2.05) is 0 Å². The van der Waals surface area contributed by atoms with E-state index in [1.54, 1.807) is 19.2 Å². The number of ether oxygens (including phenoxy) is 2. The number of hydrogen-bond donors (Lipinski definition) is 1. The van der Waals surface area contributed by atoms with E-state index >= 15 is 0 Å². The summed E-state index contributed by atoms with van der Waals surface area (Å²) < 4.78 is 23.9. The highest BCUT2D eigenvalue weighted by Gasteiger charge is 2.15. The van der Waals surface area contributed by atoms with Crippen molar-refractivity contribution in [2.24, 2.45) is 0 Å². The zero-order valence-electron chi connectivity index (χ0n) is 10.6. The van der Waals surface area contributed by atoms with Crippen molar-refractivity contribution in [2.75, 3.05) is 27.4 Å². The van der Waals surface area contributed by atoms with Crippen LogP contribution in [-0.4, -0.2) is 27.4 Å². The number of rotatable bonds is 7. The zero-order chi connectivity index (χ0) is 12.7. The second kappa shape index (κ2) is 7.25. The molecule has 96 valence electrons. The van der Waals surface area contributed by atoms with Gasteiger partial charge in [-0.25, -0.2) is 4.39 Å². The van der Waals surface area contributed by atoms with E-state index in [9.17, 15) is 4.39 Å². The monoisotopic (exact) mass is 241 g/mol. The predicted molar refractivity (Wildman–Crippen MR) is 65.9 cm³/mol. The Kier molecular flexibility index (Phi) is 5.94. The molecule has 0 fully saturated rings. The molecule has 0 aliphatic rings. The van der Waals surface area contributed by atoms with Crippen LogP contribution in [0.25, 0.3) is 0 Å². The molecule has 0 aromatic heterocycles. The Labute approximate surface area is 102 Å². The van der Waals surface area contributed by atoms with Gasteiger partial charge in [0, 0.05) is 18.7 Å². The van der Waals surface area contributed by atoms with E-state index in [-0.39, 0.29) is 11.9 Å². The molecule has 0 amide bonds. The third-order valence-electron chi connectivity index (χ3n) is 2.56. The van der Waals surface area contributed by atoms with Gasteiger partial charge in [0.2, 0.25) is 0 Å². The molecule has 0 saturated carbocycles. The lowest BCUT2D eigenvalue weighted by Gasteiger charge is -2.19. The molecule has 4 heteroatoms. The van der Waals surface area contributed by atoms with Crippen LogP contribution in [0.5, 0.6) is 5.75 Å². The normalized spacial score (nSPS) is 12.5. The summed E-state index contributed by atoms with van der Waals surface area (Å²) in [6.07, 6.45) is 0.998. The summed E-state index contributed by atoms with van der Waals surface area (Å²) in [5, 5.41) is 3.26. The molecule has 0 aliphatic heterocycles. The molecular formula is C13H20FNO2. The molecule has 1 aromatic carbocycles. The molecule has 1 rings (SSSR count). The van der Waals surface area contributed by atoms with E-state index in [0.29, 0.717) is 17.9 Å². The Morgan fingerprint density at radius 2 is 2.12 bits per heavy atom. The van der Waals surface area contributed by atoms with Crippen LogP contribution >= 0.6 is 0 Å². The Morgan fingerprint density at radius 3 is 2.65 bits per heavy atom. The van der Waals surface area contributed by atoms with Crippen molar-refractivity contribution >= 4 is 0 Å². The predicted octanol–water partition coefficient (Wildman–Crippen LogP) is 2.52. The van der Waals surface area contributed by atoms with Crippen LogP contribution in [0.1, 0.15) is 24.9 Å². The first kappa shape index (κ1) is 13.9. The van der Waals surface area contributed by atoms with Crippen molar-refractivity contribution in [3.63, 3.8) is 0 Å². The minimum atomic E-state index is -0.269. The van der Waals surface area contributed by atoms with Gasteiger partial charge in [-0.15, -0.1) is 0 Å². The molecule has 1 unspecified atom stereocenters. The fourth-order valence-corrected chi connectivity index (χ4v) is 1.66. The van der Waals surface area contributed by atoms with Crippen molar-refractivity contribution < 1.29 is 13.9 Å². The highest BCUT2D eigenvalue weighted by molar-refractivity contribution is 5.30. The first-order chi connectivity index (χ1) is 8.22. The molecular weight excluding hydrogens is 221 g/mol. The molecule has 17 heavy (non-hydrogen) atoms. The Hall–Kier alpha value is -1.13. The maximum atomic E-state index is 13.9. The van der Waals surface area contributed by atoms with Crippen LogP contribution in [0, 0.1) is 5.82 Å². The summed E-state index contributed by atoms with van der Waals surface area (Å²) in [5.41, 5.74) is 0.612. The average Bonchev–Trinajstić information content (AvgIpc) is 2.34. The summed E-state index contributed by atoms with van der Waals surface area (Å²) in [6.45, 7) is 3.35. The number of methoxy groups -OCH3 is 2. The van der Waals surface area contributed by atoms with Crippen LogP contribution in [0.2, 0.25) is 0 Å². The summed E-state index contributed by atoms with van der Waals surface area (Å²) in [6, 6.07) is 4.77. The molecule has 0 aliphatic carbocycles. The van der Waals surface area contributed by atoms with Gasteiger partial charge in [0.1, 0.15) is 11.6 Å². The van der Waals surface area contributed by atoms with Crippen molar-refractivity contribution in [1.29, 1.82) is 0 Å². The lowest BCUT2D eigenvalue weighted by atomic mass is 10.1. The van der Waals surface area contributed by atoms with Crippen LogP contribution in [0.4, 0.5) is 4.39 Å². The minimum Gasteiger partial charge on any atom is -0.497 e. The Bertz CT molecular complexity index is 344. The van der Waals surface area contributed by atoms with Gasteiger partial charge >= 0.3 is 0 Å². The average molecular weight is 241 g/mol. The van der Waals surface area contributed by atoms with Gasteiger partial charge in [0.25, 0.3) is 0 Å². The highest BCUT2D eigenvalue weighted by atomic mass is 19.1. The SMILES string of the molecule is CCCNC(COC)c1ccc(OC)cc1F. The zero-order valence-corrected chi connectivity index (χ0v) is 10.6. The fourth-order valence-electron chi connectivity index (χ4n) is 1.66. The summed E-state index contributed by atoms with van der Waals surface area (Å²) >= 11 is 0. The maximum absolute atomic E-state index is 13.9. The van der Waals surface area contributed by atoms with E-state index in [1.165, 1.54) is 13.2 Å². The van der Waals surface area contributed by atoms with E-state index in [4.69, 9.17) is 9.47 Å². The Balaban J connectivity index is 2.85. The molecule has 0 spiro atoms. The van der Waals surface area contributed by atoms with Crippen molar-refractivity contribution in [1.82, 2.24) is 5.32 Å². The Morgan fingerprint density at radius 1 is 1.35 bits per heavy atom. The van der Waals surface area contributed by atoms with E-state index < -0.39 is 0 Å². The fraction of sp³-hybridized carbons (Fsp3) is 0.538. The number of hydrogen-bond acceptors (Lipinski definition) is 3. The van der Waals surface area contributed by atoms with E-state index in [0.717, 1.165) is 13.0 Å². The van der Waals surface area contributed by atoms with Crippen LogP contribution in [0.3, 0.4) is 0 Å². The second-order valence-electron chi connectivity index (χ2n) is 3.85. The summed E-state index contributed by atoms with van der Waals surface area (Å²) in [7, 11) is 3.14. The second-order valence-corrected chi connectivity index (χ2v) is 3.85. The van der Waals surface area contributed by atoms with Gasteiger partial charge < -0.3 is 14.8 Å². The van der Waals surface area contributed by atoms with Gasteiger partial charge in [-0.2, -0.15) is 0 Å². The molecule has 0 bridgehead atoms. The summed E-state index contributed by atoms with van der Waals surface area (Å²) in [5.74, 6) is 0.257. The smallest absolute Gasteiger partial charge is 0.131 e. The lowest BCUT2D eigenvalue weighted by molar-refractivity contribution is 0.165. The van der Waals surface area contributed by atoms with Crippen molar-refractivity contribution in [3.8, 4) is 5.75 Å². The highest BCUT2D eigenvalue weighted by Crippen LogP contribution is 2.22. The van der Waals surface area contributed by atoms with Crippen molar-refractivity contribution in [3.05, 3.63) is 29.6 Å². The first-order valence-electron chi connectivity index (χ1n) is 5.78. The van der Waals surface area contributed by atoms with Gasteiger partial charge in [0.15, 0.2) is 0 Å². The third-order valence-corrected chi connectivity index (χ3v) is 2.56. The number of halogens is 1.